The van der Waals surface area contributed by atoms with E-state index in [0.717, 1.165) is 25.7 Å². The number of anilines is 1. The first-order valence-corrected chi connectivity index (χ1v) is 15.0. The van der Waals surface area contributed by atoms with Gasteiger partial charge < -0.3 is 25.4 Å². The van der Waals surface area contributed by atoms with Crippen LogP contribution in [0.5, 0.6) is 0 Å². The van der Waals surface area contributed by atoms with Crippen molar-refractivity contribution in [1.82, 2.24) is 20.6 Å². The fourth-order valence-corrected chi connectivity index (χ4v) is 5.05. The lowest BCUT2D eigenvalue weighted by molar-refractivity contribution is -0.142. The van der Waals surface area contributed by atoms with Crippen molar-refractivity contribution in [1.29, 1.82) is 0 Å². The second-order valence-electron chi connectivity index (χ2n) is 11.6. The van der Waals surface area contributed by atoms with Gasteiger partial charge in [-0.25, -0.2) is 19.6 Å². The molecule has 0 saturated carbocycles. The van der Waals surface area contributed by atoms with E-state index in [2.05, 4.69) is 64.5 Å². The molecule has 0 radical (unpaired) electrons. The summed E-state index contributed by atoms with van der Waals surface area (Å²) < 4.78 is 10.0. The van der Waals surface area contributed by atoms with Gasteiger partial charge in [-0.15, -0.1) is 0 Å². The van der Waals surface area contributed by atoms with Gasteiger partial charge in [0.15, 0.2) is 0 Å². The number of rotatable bonds is 15. The summed E-state index contributed by atoms with van der Waals surface area (Å²) in [6, 6.07) is 5.41. The highest BCUT2D eigenvalue weighted by Crippen LogP contribution is 2.30. The number of hydrogen-bond acceptors (Lipinski definition) is 8. The number of ether oxygens (including phenoxy) is 2. The van der Waals surface area contributed by atoms with Crippen LogP contribution in [-0.4, -0.2) is 59.8 Å². The van der Waals surface area contributed by atoms with Crippen LogP contribution in [0.4, 0.5) is 10.7 Å². The van der Waals surface area contributed by atoms with Gasteiger partial charge in [0.25, 0.3) is 5.91 Å². The molecule has 10 nitrogen and oxygen atoms in total. The van der Waals surface area contributed by atoms with E-state index in [1.165, 1.54) is 30.2 Å². The van der Waals surface area contributed by atoms with Gasteiger partial charge in [-0.1, -0.05) is 51.1 Å². The number of hydrogen-bond donors (Lipinski definition) is 3. The van der Waals surface area contributed by atoms with Crippen LogP contribution in [0.1, 0.15) is 105 Å². The molecular formula is C33H49N5O5. The molecule has 0 spiro atoms. The van der Waals surface area contributed by atoms with Gasteiger partial charge in [0.05, 0.1) is 30.6 Å². The summed E-state index contributed by atoms with van der Waals surface area (Å²) in [5.74, 6) is -0.294. The highest BCUT2D eigenvalue weighted by atomic mass is 16.6. The zero-order chi connectivity index (χ0) is 32.2. The molecule has 2 aromatic rings. The fourth-order valence-electron chi connectivity index (χ4n) is 5.05. The molecular weight excluding hydrogens is 546 g/mol. The van der Waals surface area contributed by atoms with Crippen molar-refractivity contribution >= 4 is 30.0 Å². The molecule has 236 valence electrons. The maximum absolute atomic E-state index is 13.1. The largest absolute Gasteiger partial charge is 0.467 e. The predicted octanol–water partition coefficient (Wildman–Crippen LogP) is 5.87. The smallest absolute Gasteiger partial charge is 0.407 e. The van der Waals surface area contributed by atoms with Crippen LogP contribution in [0, 0.1) is 13.8 Å². The summed E-state index contributed by atoms with van der Waals surface area (Å²) in [6.07, 6.45) is 6.44. The Kier molecular flexibility index (Phi) is 13.6. The molecule has 0 aliphatic heterocycles. The molecule has 2 rings (SSSR count). The Bertz CT molecular complexity index is 1250. The molecule has 0 bridgehead atoms. The number of methoxy groups -OCH3 is 1. The minimum atomic E-state index is -1.13. The molecule has 3 N–H and O–H groups in total. The predicted molar refractivity (Wildman–Crippen MR) is 170 cm³/mol. The van der Waals surface area contributed by atoms with Crippen molar-refractivity contribution < 1.29 is 23.9 Å². The van der Waals surface area contributed by atoms with Gasteiger partial charge in [-0.05, 0) is 82.9 Å². The maximum Gasteiger partial charge on any atom is 0.407 e. The standard InChI is InChI=1S/C33H49N5O5/c1-10-15-23(11-2)26-18-13-16-24(25(26)12-3)17-14-19-34-31-36-21(4)28(22(5)37-31)29(39)38-27(30(40)42-9)20-35-32(41)43-33(6,7)8/h12-13,16,18,23,27H,3,10-11,14-15,17,19-20H2,1-2,4-9H3,(H,35,41)(H,38,39)(H,34,36,37). The molecule has 0 saturated heterocycles. The Balaban J connectivity index is 2.05. The lowest BCUT2D eigenvalue weighted by Gasteiger charge is -2.22. The number of aryl methyl sites for hydroxylation is 3. The van der Waals surface area contributed by atoms with Crippen LogP contribution in [-0.2, 0) is 20.7 Å². The third-order valence-corrected chi connectivity index (χ3v) is 7.05. The quantitative estimate of drug-likeness (QED) is 0.172. The van der Waals surface area contributed by atoms with Crippen LogP contribution >= 0.6 is 0 Å². The van der Waals surface area contributed by atoms with E-state index in [0.29, 0.717) is 29.8 Å². The average Bonchev–Trinajstić information content (AvgIpc) is 2.94. The first-order valence-electron chi connectivity index (χ1n) is 15.0. The van der Waals surface area contributed by atoms with E-state index >= 15 is 0 Å². The monoisotopic (exact) mass is 595 g/mol. The van der Waals surface area contributed by atoms with Crippen molar-refractivity contribution in [2.45, 2.75) is 98.1 Å². The molecule has 2 atom stereocenters. The Morgan fingerprint density at radius 1 is 1.09 bits per heavy atom. The Hall–Kier alpha value is -3.95. The molecule has 2 unspecified atom stereocenters. The number of carbonyl (C=O) groups excluding carboxylic acids is 3. The van der Waals surface area contributed by atoms with Crippen LogP contribution in [0.25, 0.3) is 6.08 Å². The minimum absolute atomic E-state index is 0.208. The molecule has 0 aliphatic rings. The number of esters is 1. The van der Waals surface area contributed by atoms with E-state index in [9.17, 15) is 14.4 Å². The van der Waals surface area contributed by atoms with Crippen LogP contribution < -0.4 is 16.0 Å². The Morgan fingerprint density at radius 2 is 1.77 bits per heavy atom. The number of alkyl carbamates (subject to hydrolysis) is 1. The van der Waals surface area contributed by atoms with Gasteiger partial charge >= 0.3 is 12.1 Å². The highest BCUT2D eigenvalue weighted by Gasteiger charge is 2.26. The van der Waals surface area contributed by atoms with Crippen molar-refractivity contribution in [3.8, 4) is 0 Å². The highest BCUT2D eigenvalue weighted by molar-refractivity contribution is 5.98. The molecule has 43 heavy (non-hydrogen) atoms. The van der Waals surface area contributed by atoms with E-state index < -0.39 is 29.6 Å². The lowest BCUT2D eigenvalue weighted by atomic mass is 9.86. The summed E-state index contributed by atoms with van der Waals surface area (Å²) in [4.78, 5) is 46.5. The second kappa shape index (κ2) is 16.6. The minimum Gasteiger partial charge on any atom is -0.467 e. The molecule has 1 aromatic heterocycles. The van der Waals surface area contributed by atoms with Gasteiger partial charge in [0.1, 0.15) is 11.6 Å². The molecule has 0 fully saturated rings. The summed E-state index contributed by atoms with van der Waals surface area (Å²) in [5.41, 5.74) is 4.36. The number of amides is 2. The third kappa shape index (κ3) is 10.7. The topological polar surface area (TPSA) is 132 Å². The summed E-state index contributed by atoms with van der Waals surface area (Å²) in [7, 11) is 1.21. The summed E-state index contributed by atoms with van der Waals surface area (Å²) >= 11 is 0. The first kappa shape index (κ1) is 35.2. The molecule has 10 heteroatoms. The summed E-state index contributed by atoms with van der Waals surface area (Å²) in [6.45, 7) is 17.6. The van der Waals surface area contributed by atoms with Gasteiger partial charge in [-0.3, -0.25) is 4.79 Å². The van der Waals surface area contributed by atoms with Crippen LogP contribution in [0.2, 0.25) is 0 Å². The summed E-state index contributed by atoms with van der Waals surface area (Å²) in [5, 5.41) is 8.38. The van der Waals surface area contributed by atoms with Crippen molar-refractivity contribution in [2.24, 2.45) is 0 Å². The maximum atomic E-state index is 13.1. The zero-order valence-electron chi connectivity index (χ0n) is 27.1. The molecule has 1 aromatic carbocycles. The fraction of sp³-hybridized carbons (Fsp3) is 0.545. The normalized spacial score (nSPS) is 12.6. The number of nitrogens with zero attached hydrogens (tertiary/aromatic N) is 2. The SMILES string of the molecule is C=Cc1c(CCCNc2nc(C)c(C(=O)NC(CNC(=O)OC(C)(C)C)C(=O)OC)c(C)n2)cccc1C(CC)CCC. The van der Waals surface area contributed by atoms with Gasteiger partial charge in [-0.2, -0.15) is 0 Å². The van der Waals surface area contributed by atoms with E-state index in [4.69, 9.17) is 9.47 Å². The molecule has 1 heterocycles. The average molecular weight is 596 g/mol. The Labute approximate surface area is 256 Å². The first-order chi connectivity index (χ1) is 20.3. The van der Waals surface area contributed by atoms with E-state index in [-0.39, 0.29) is 12.1 Å². The van der Waals surface area contributed by atoms with Crippen molar-refractivity contribution in [3.63, 3.8) is 0 Å². The van der Waals surface area contributed by atoms with Gasteiger partial charge in [0, 0.05) is 6.54 Å². The van der Waals surface area contributed by atoms with Crippen molar-refractivity contribution in [2.75, 3.05) is 25.5 Å². The number of benzene rings is 1. The molecule has 2 amide bonds. The van der Waals surface area contributed by atoms with Gasteiger partial charge in [0.2, 0.25) is 5.95 Å². The molecule has 0 aliphatic carbocycles. The number of carbonyl (C=O) groups is 3. The van der Waals surface area contributed by atoms with E-state index in [1.807, 2.05) is 6.08 Å². The van der Waals surface area contributed by atoms with E-state index in [1.54, 1.807) is 34.6 Å². The Morgan fingerprint density at radius 3 is 2.33 bits per heavy atom. The number of aromatic nitrogens is 2. The zero-order valence-corrected chi connectivity index (χ0v) is 27.1. The van der Waals surface area contributed by atoms with Crippen molar-refractivity contribution in [3.05, 3.63) is 58.4 Å². The third-order valence-electron chi connectivity index (χ3n) is 7.05. The van der Waals surface area contributed by atoms with Crippen LogP contribution in [0.3, 0.4) is 0 Å². The number of nitrogens with one attached hydrogen (secondary N) is 3. The lowest BCUT2D eigenvalue weighted by Crippen LogP contribution is -2.50. The second-order valence-corrected chi connectivity index (χ2v) is 11.6. The van der Waals surface area contributed by atoms with Crippen LogP contribution in [0.15, 0.2) is 24.8 Å².